The van der Waals surface area contributed by atoms with Crippen molar-refractivity contribution in [3.8, 4) is 0 Å². The second kappa shape index (κ2) is 7.20. The van der Waals surface area contributed by atoms with Crippen molar-refractivity contribution in [3.05, 3.63) is 87.3 Å². The second-order valence-corrected chi connectivity index (χ2v) is 6.99. The van der Waals surface area contributed by atoms with Crippen LogP contribution >= 0.6 is 11.3 Å². The molecule has 0 spiro atoms. The minimum atomic E-state index is -0.584. The van der Waals surface area contributed by atoms with Gasteiger partial charge >= 0.3 is 5.76 Å². The number of rotatable bonds is 5. The second-order valence-electron chi connectivity index (χ2n) is 5.96. The highest BCUT2D eigenvalue weighted by atomic mass is 32.1. The number of para-hydroxylation sites is 2. The monoisotopic (exact) mass is 382 g/mol. The van der Waals surface area contributed by atoms with Crippen LogP contribution in [0.1, 0.15) is 4.88 Å². The molecular weight excluding hydrogens is 367 g/mol. The summed E-state index contributed by atoms with van der Waals surface area (Å²) in [6.07, 6.45) is 0. The summed E-state index contributed by atoms with van der Waals surface area (Å²) in [7, 11) is 0. The van der Waals surface area contributed by atoms with E-state index in [1.165, 1.54) is 28.0 Å². The molecule has 4 rings (SSSR count). The minimum Gasteiger partial charge on any atom is -0.408 e. The molecule has 2 aromatic carbocycles. The van der Waals surface area contributed by atoms with E-state index in [9.17, 15) is 14.0 Å². The number of thiophene rings is 1. The summed E-state index contributed by atoms with van der Waals surface area (Å²) >= 11 is 1.53. The quantitative estimate of drug-likeness (QED) is 0.524. The molecule has 1 amide bonds. The van der Waals surface area contributed by atoms with E-state index in [0.29, 0.717) is 23.3 Å². The van der Waals surface area contributed by atoms with Crippen molar-refractivity contribution in [2.24, 2.45) is 0 Å². The summed E-state index contributed by atoms with van der Waals surface area (Å²) < 4.78 is 19.8. The third kappa shape index (κ3) is 3.54. The summed E-state index contributed by atoms with van der Waals surface area (Å²) in [6, 6.07) is 16.5. The Balaban J connectivity index is 1.68. The number of amides is 1. The van der Waals surface area contributed by atoms with Crippen LogP contribution in [-0.2, 0) is 17.9 Å². The topological polar surface area (TPSA) is 55.5 Å². The van der Waals surface area contributed by atoms with Gasteiger partial charge in [-0.3, -0.25) is 9.36 Å². The largest absolute Gasteiger partial charge is 0.420 e. The Bertz CT molecular complexity index is 1130. The zero-order valence-electron chi connectivity index (χ0n) is 14.2. The average molecular weight is 382 g/mol. The van der Waals surface area contributed by atoms with Gasteiger partial charge in [0.25, 0.3) is 0 Å². The number of fused-ring (bicyclic) bond motifs is 1. The van der Waals surface area contributed by atoms with Crippen LogP contribution < -0.4 is 10.7 Å². The molecule has 0 bridgehead atoms. The third-order valence-electron chi connectivity index (χ3n) is 4.20. The van der Waals surface area contributed by atoms with Crippen LogP contribution in [0, 0.1) is 5.82 Å². The standard InChI is InChI=1S/C20H15FN2O3S/c21-14-7-9-15(10-8-14)22(12-16-4-3-11-27-16)19(24)13-23-17-5-1-2-6-18(17)26-20(23)25/h1-11H,12-13H2. The van der Waals surface area contributed by atoms with Crippen LogP contribution in [0.2, 0.25) is 0 Å². The molecule has 0 atom stereocenters. The summed E-state index contributed by atoms with van der Waals surface area (Å²) in [5, 5.41) is 1.93. The minimum absolute atomic E-state index is 0.168. The summed E-state index contributed by atoms with van der Waals surface area (Å²) in [5.41, 5.74) is 1.56. The normalized spacial score (nSPS) is 11.0. The molecule has 0 radical (unpaired) electrons. The van der Waals surface area contributed by atoms with Crippen LogP contribution in [0.5, 0.6) is 0 Å². The van der Waals surface area contributed by atoms with Crippen molar-refractivity contribution in [1.29, 1.82) is 0 Å². The van der Waals surface area contributed by atoms with Gasteiger partial charge in [-0.2, -0.15) is 0 Å². The van der Waals surface area contributed by atoms with Crippen LogP contribution in [0.25, 0.3) is 11.1 Å². The van der Waals surface area contributed by atoms with Gasteiger partial charge in [-0.25, -0.2) is 9.18 Å². The number of carbonyl (C=O) groups is 1. The van der Waals surface area contributed by atoms with E-state index < -0.39 is 5.76 Å². The van der Waals surface area contributed by atoms with Crippen molar-refractivity contribution < 1.29 is 13.6 Å². The van der Waals surface area contributed by atoms with Gasteiger partial charge in [-0.05, 0) is 47.8 Å². The first-order valence-electron chi connectivity index (χ1n) is 8.28. The Morgan fingerprint density at radius 1 is 1.07 bits per heavy atom. The van der Waals surface area contributed by atoms with Gasteiger partial charge in [0.05, 0.1) is 12.1 Å². The van der Waals surface area contributed by atoms with Crippen molar-refractivity contribution in [3.63, 3.8) is 0 Å². The van der Waals surface area contributed by atoms with Crippen molar-refractivity contribution >= 4 is 34.0 Å². The molecule has 2 heterocycles. The molecule has 0 saturated heterocycles. The van der Waals surface area contributed by atoms with E-state index in [4.69, 9.17) is 4.42 Å². The van der Waals surface area contributed by atoms with E-state index in [1.54, 1.807) is 41.3 Å². The average Bonchev–Trinajstić information content (AvgIpc) is 3.29. The summed E-state index contributed by atoms with van der Waals surface area (Å²) in [4.78, 5) is 27.8. The number of aromatic nitrogens is 1. The van der Waals surface area contributed by atoms with Gasteiger partial charge in [0.1, 0.15) is 12.4 Å². The fourth-order valence-corrected chi connectivity index (χ4v) is 3.58. The van der Waals surface area contributed by atoms with Gasteiger partial charge in [0.2, 0.25) is 5.91 Å². The number of nitrogens with zero attached hydrogens (tertiary/aromatic N) is 2. The Labute approximate surface area is 157 Å². The van der Waals surface area contributed by atoms with Crippen LogP contribution in [0.15, 0.2) is 75.3 Å². The molecule has 7 heteroatoms. The molecule has 0 saturated carbocycles. The van der Waals surface area contributed by atoms with E-state index >= 15 is 0 Å². The predicted molar refractivity (Wildman–Crippen MR) is 102 cm³/mol. The zero-order chi connectivity index (χ0) is 18.8. The van der Waals surface area contributed by atoms with Gasteiger partial charge in [0.15, 0.2) is 5.58 Å². The van der Waals surface area contributed by atoms with Crippen molar-refractivity contribution in [2.75, 3.05) is 4.90 Å². The molecule has 0 aliphatic rings. The number of hydrogen-bond donors (Lipinski definition) is 0. The van der Waals surface area contributed by atoms with Gasteiger partial charge in [-0.1, -0.05) is 18.2 Å². The predicted octanol–water partition coefficient (Wildman–Crippen LogP) is 4.03. The summed E-state index contributed by atoms with van der Waals surface area (Å²) in [5.74, 6) is -1.25. The first-order chi connectivity index (χ1) is 13.1. The number of carbonyl (C=O) groups excluding carboxylic acids is 1. The number of hydrogen-bond acceptors (Lipinski definition) is 4. The third-order valence-corrected chi connectivity index (χ3v) is 5.06. The van der Waals surface area contributed by atoms with Crippen LogP contribution in [0.4, 0.5) is 10.1 Å². The fraction of sp³-hybridized carbons (Fsp3) is 0.100. The van der Waals surface area contributed by atoms with Gasteiger partial charge in [-0.15, -0.1) is 11.3 Å². The molecule has 0 aliphatic heterocycles. The highest BCUT2D eigenvalue weighted by Crippen LogP contribution is 2.21. The van der Waals surface area contributed by atoms with Crippen molar-refractivity contribution in [2.45, 2.75) is 13.1 Å². The molecule has 4 aromatic rings. The van der Waals surface area contributed by atoms with E-state index in [1.807, 2.05) is 17.5 Å². The Kier molecular flexibility index (Phi) is 4.60. The van der Waals surface area contributed by atoms with E-state index in [-0.39, 0.29) is 18.3 Å². The number of anilines is 1. The summed E-state index contributed by atoms with van der Waals surface area (Å²) in [6.45, 7) is 0.172. The molecule has 136 valence electrons. The number of halogens is 1. The number of benzene rings is 2. The SMILES string of the molecule is O=C(Cn1c(=O)oc2ccccc21)N(Cc1cccs1)c1ccc(F)cc1. The molecule has 5 nitrogen and oxygen atoms in total. The zero-order valence-corrected chi connectivity index (χ0v) is 15.0. The van der Waals surface area contributed by atoms with Gasteiger partial charge < -0.3 is 9.32 Å². The Morgan fingerprint density at radius 2 is 1.85 bits per heavy atom. The maximum atomic E-state index is 13.3. The molecule has 0 N–H and O–H groups in total. The molecular formula is C20H15FN2O3S. The first kappa shape index (κ1) is 17.2. The lowest BCUT2D eigenvalue weighted by molar-refractivity contribution is -0.119. The fourth-order valence-electron chi connectivity index (χ4n) is 2.89. The van der Waals surface area contributed by atoms with Crippen molar-refractivity contribution in [1.82, 2.24) is 4.57 Å². The molecule has 0 fully saturated rings. The van der Waals surface area contributed by atoms with Crippen LogP contribution in [-0.4, -0.2) is 10.5 Å². The Morgan fingerprint density at radius 3 is 2.59 bits per heavy atom. The first-order valence-corrected chi connectivity index (χ1v) is 9.16. The maximum absolute atomic E-state index is 13.3. The molecule has 0 unspecified atom stereocenters. The lowest BCUT2D eigenvalue weighted by atomic mass is 10.2. The number of oxazole rings is 1. The smallest absolute Gasteiger partial charge is 0.408 e. The van der Waals surface area contributed by atoms with Crippen LogP contribution in [0.3, 0.4) is 0 Å². The van der Waals surface area contributed by atoms with Gasteiger partial charge in [0, 0.05) is 10.6 Å². The van der Waals surface area contributed by atoms with E-state index in [2.05, 4.69) is 0 Å². The Hall–Kier alpha value is -3.19. The molecule has 0 aliphatic carbocycles. The lowest BCUT2D eigenvalue weighted by Gasteiger charge is -2.22. The molecule has 27 heavy (non-hydrogen) atoms. The highest BCUT2D eigenvalue weighted by molar-refractivity contribution is 7.09. The highest BCUT2D eigenvalue weighted by Gasteiger charge is 2.20. The lowest BCUT2D eigenvalue weighted by Crippen LogP contribution is -2.35. The maximum Gasteiger partial charge on any atom is 0.420 e. The van der Waals surface area contributed by atoms with E-state index in [0.717, 1.165) is 4.88 Å². The molecule has 2 aromatic heterocycles.